The van der Waals surface area contributed by atoms with E-state index in [1.165, 1.54) is 31.0 Å². The number of amides is 1. The third-order valence-electron chi connectivity index (χ3n) is 3.69. The highest BCUT2D eigenvalue weighted by Crippen LogP contribution is 2.44. The zero-order valence-corrected chi connectivity index (χ0v) is 11.5. The van der Waals surface area contributed by atoms with E-state index in [2.05, 4.69) is 0 Å². The second kappa shape index (κ2) is 4.20. The number of aryl methyl sites for hydroxylation is 1. The van der Waals surface area contributed by atoms with Crippen LogP contribution in [0, 0.1) is 6.92 Å². The Morgan fingerprint density at radius 3 is 2.57 bits per heavy atom. The monoisotopic (exact) mass is 287 g/mol. The molecule has 21 heavy (non-hydrogen) atoms. The lowest BCUT2D eigenvalue weighted by Crippen LogP contribution is -2.42. The number of likely N-dealkylation sites (N-methyl/N-ethyl adjacent to an activating group) is 1. The van der Waals surface area contributed by atoms with Crippen molar-refractivity contribution in [3.8, 4) is 5.75 Å². The number of nitrogens with zero attached hydrogens (tertiary/aromatic N) is 1. The predicted octanol–water partition coefficient (Wildman–Crippen LogP) is 0.866. The molecule has 1 aliphatic rings. The Labute approximate surface area is 119 Å². The number of carbonyl (C=O) groups excluding carboxylic acids is 1. The fourth-order valence-corrected chi connectivity index (χ4v) is 2.71. The number of aromatic hydroxyl groups is 1. The SMILES string of the molecule is Cc1cc(O)c(C2(O)C(=O)N(C)c3ccccc32)c(=O)o1. The van der Waals surface area contributed by atoms with E-state index in [1.807, 2.05) is 0 Å². The van der Waals surface area contributed by atoms with E-state index in [4.69, 9.17) is 4.42 Å². The van der Waals surface area contributed by atoms with Crippen molar-refractivity contribution in [3.63, 3.8) is 0 Å². The van der Waals surface area contributed by atoms with Gasteiger partial charge in [-0.15, -0.1) is 0 Å². The van der Waals surface area contributed by atoms with Crippen molar-refractivity contribution in [2.45, 2.75) is 12.5 Å². The molecule has 6 heteroatoms. The fourth-order valence-electron chi connectivity index (χ4n) is 2.71. The summed E-state index contributed by atoms with van der Waals surface area (Å²) in [4.78, 5) is 25.8. The second-order valence-corrected chi connectivity index (χ2v) is 5.00. The van der Waals surface area contributed by atoms with Crippen LogP contribution in [0.25, 0.3) is 0 Å². The van der Waals surface area contributed by atoms with Crippen LogP contribution in [-0.2, 0) is 10.4 Å². The van der Waals surface area contributed by atoms with Crippen LogP contribution in [0.5, 0.6) is 5.75 Å². The molecule has 0 saturated heterocycles. The average molecular weight is 287 g/mol. The minimum atomic E-state index is -2.25. The van der Waals surface area contributed by atoms with Crippen LogP contribution >= 0.6 is 0 Å². The number of anilines is 1. The van der Waals surface area contributed by atoms with Gasteiger partial charge in [0.1, 0.15) is 17.1 Å². The molecule has 0 bridgehead atoms. The van der Waals surface area contributed by atoms with Gasteiger partial charge in [-0.05, 0) is 13.0 Å². The van der Waals surface area contributed by atoms with Gasteiger partial charge in [0.2, 0.25) is 5.60 Å². The van der Waals surface area contributed by atoms with E-state index in [0.717, 1.165) is 0 Å². The number of hydrogen-bond donors (Lipinski definition) is 2. The van der Waals surface area contributed by atoms with E-state index in [9.17, 15) is 19.8 Å². The van der Waals surface area contributed by atoms with E-state index in [1.54, 1.807) is 18.2 Å². The van der Waals surface area contributed by atoms with E-state index in [-0.39, 0.29) is 11.3 Å². The maximum atomic E-state index is 12.5. The van der Waals surface area contributed by atoms with E-state index < -0.39 is 28.4 Å². The Hall–Kier alpha value is -2.60. The van der Waals surface area contributed by atoms with Crippen LogP contribution in [0.2, 0.25) is 0 Å². The molecule has 0 saturated carbocycles. The lowest BCUT2D eigenvalue weighted by Gasteiger charge is -2.21. The van der Waals surface area contributed by atoms with Crippen molar-refractivity contribution < 1.29 is 19.4 Å². The van der Waals surface area contributed by atoms with Crippen LogP contribution in [0.4, 0.5) is 5.69 Å². The summed E-state index contributed by atoms with van der Waals surface area (Å²) < 4.78 is 4.92. The molecule has 1 amide bonds. The first-order valence-corrected chi connectivity index (χ1v) is 6.31. The Bertz CT molecular complexity index is 810. The quantitative estimate of drug-likeness (QED) is 0.812. The molecule has 6 nitrogen and oxygen atoms in total. The summed E-state index contributed by atoms with van der Waals surface area (Å²) in [6, 6.07) is 7.74. The first kappa shape index (κ1) is 13.4. The highest BCUT2D eigenvalue weighted by molar-refractivity contribution is 6.08. The largest absolute Gasteiger partial charge is 0.507 e. The zero-order chi connectivity index (χ0) is 15.4. The molecule has 3 rings (SSSR count). The number of fused-ring (bicyclic) bond motifs is 1. The van der Waals surface area contributed by atoms with Gasteiger partial charge in [0, 0.05) is 18.7 Å². The minimum Gasteiger partial charge on any atom is -0.507 e. The van der Waals surface area contributed by atoms with Gasteiger partial charge in [-0.1, -0.05) is 18.2 Å². The van der Waals surface area contributed by atoms with Crippen molar-refractivity contribution in [2.75, 3.05) is 11.9 Å². The Balaban J connectivity index is 2.37. The van der Waals surface area contributed by atoms with Gasteiger partial charge < -0.3 is 19.5 Å². The molecule has 0 spiro atoms. The topological polar surface area (TPSA) is 91.0 Å². The summed E-state index contributed by atoms with van der Waals surface area (Å²) in [5, 5.41) is 20.9. The number of carbonyl (C=O) groups is 1. The van der Waals surface area contributed by atoms with Crippen molar-refractivity contribution in [1.29, 1.82) is 0 Å². The molecule has 1 aliphatic heterocycles. The van der Waals surface area contributed by atoms with Gasteiger partial charge in [-0.25, -0.2) is 4.79 Å². The third kappa shape index (κ3) is 1.62. The van der Waals surface area contributed by atoms with Crippen LogP contribution in [0.15, 0.2) is 39.5 Å². The predicted molar refractivity (Wildman–Crippen MR) is 74.2 cm³/mol. The van der Waals surface area contributed by atoms with Crippen molar-refractivity contribution in [1.82, 2.24) is 0 Å². The molecule has 0 fully saturated rings. The summed E-state index contributed by atoms with van der Waals surface area (Å²) in [6.07, 6.45) is 0. The van der Waals surface area contributed by atoms with Gasteiger partial charge in [0.25, 0.3) is 5.91 Å². The lowest BCUT2D eigenvalue weighted by atomic mass is 9.88. The number of aliphatic hydroxyl groups is 1. The normalized spacial score (nSPS) is 20.7. The van der Waals surface area contributed by atoms with Gasteiger partial charge >= 0.3 is 5.63 Å². The molecule has 1 unspecified atom stereocenters. The lowest BCUT2D eigenvalue weighted by molar-refractivity contribution is -0.132. The molecule has 1 aromatic heterocycles. The molecule has 1 atom stereocenters. The maximum Gasteiger partial charge on any atom is 0.346 e. The number of hydrogen-bond acceptors (Lipinski definition) is 5. The van der Waals surface area contributed by atoms with E-state index in [0.29, 0.717) is 5.69 Å². The van der Waals surface area contributed by atoms with Gasteiger partial charge in [0.05, 0.1) is 5.69 Å². The van der Waals surface area contributed by atoms with Crippen molar-refractivity contribution in [3.05, 3.63) is 57.6 Å². The highest BCUT2D eigenvalue weighted by atomic mass is 16.4. The molecule has 1 aromatic carbocycles. The molecule has 0 aliphatic carbocycles. The smallest absolute Gasteiger partial charge is 0.346 e. The molecular formula is C15H13NO5. The van der Waals surface area contributed by atoms with Crippen LogP contribution in [0.3, 0.4) is 0 Å². The number of rotatable bonds is 1. The number of benzene rings is 1. The summed E-state index contributed by atoms with van der Waals surface area (Å²) in [5.74, 6) is -0.989. The molecule has 2 aromatic rings. The zero-order valence-electron chi connectivity index (χ0n) is 11.5. The van der Waals surface area contributed by atoms with Crippen LogP contribution < -0.4 is 10.5 Å². The molecular weight excluding hydrogens is 274 g/mol. The first-order chi connectivity index (χ1) is 9.87. The van der Waals surface area contributed by atoms with Crippen molar-refractivity contribution >= 4 is 11.6 Å². The standard InChI is InChI=1S/C15H13NO5/c1-8-7-11(17)12(13(18)21-8)15(20)9-5-3-4-6-10(9)16(2)14(15)19/h3-7,17,20H,1-2H3. The van der Waals surface area contributed by atoms with Gasteiger partial charge in [-0.2, -0.15) is 0 Å². The maximum absolute atomic E-state index is 12.5. The molecule has 0 radical (unpaired) electrons. The van der Waals surface area contributed by atoms with Crippen molar-refractivity contribution in [2.24, 2.45) is 0 Å². The Kier molecular flexibility index (Phi) is 2.67. The molecule has 2 heterocycles. The average Bonchev–Trinajstić information content (AvgIpc) is 2.61. The summed E-state index contributed by atoms with van der Waals surface area (Å²) in [5.41, 5.74) is -2.93. The Morgan fingerprint density at radius 2 is 1.90 bits per heavy atom. The molecule has 2 N–H and O–H groups in total. The summed E-state index contributed by atoms with van der Waals surface area (Å²) in [6.45, 7) is 1.49. The second-order valence-electron chi connectivity index (χ2n) is 5.00. The van der Waals surface area contributed by atoms with Gasteiger partial charge in [-0.3, -0.25) is 4.79 Å². The van der Waals surface area contributed by atoms with Crippen LogP contribution in [0.1, 0.15) is 16.9 Å². The fraction of sp³-hybridized carbons (Fsp3) is 0.200. The first-order valence-electron chi connectivity index (χ1n) is 6.31. The summed E-state index contributed by atoms with van der Waals surface area (Å²) in [7, 11) is 1.49. The van der Waals surface area contributed by atoms with Crippen LogP contribution in [-0.4, -0.2) is 23.2 Å². The third-order valence-corrected chi connectivity index (χ3v) is 3.69. The van der Waals surface area contributed by atoms with Gasteiger partial charge in [0.15, 0.2) is 0 Å². The minimum absolute atomic E-state index is 0.192. The van der Waals surface area contributed by atoms with E-state index >= 15 is 0 Å². The molecule has 108 valence electrons. The summed E-state index contributed by atoms with van der Waals surface area (Å²) >= 11 is 0. The highest BCUT2D eigenvalue weighted by Gasteiger charge is 2.53. The number of para-hydroxylation sites is 1. The Morgan fingerprint density at radius 1 is 1.24 bits per heavy atom.